The number of nitrogens with one attached hydrogen (secondary N) is 2. The molecule has 0 saturated heterocycles. The van der Waals surface area contributed by atoms with Crippen LogP contribution in [0.1, 0.15) is 28.8 Å². The third kappa shape index (κ3) is 4.28. The third-order valence-corrected chi connectivity index (χ3v) is 4.96. The van der Waals surface area contributed by atoms with Crippen molar-refractivity contribution in [1.82, 2.24) is 0 Å². The number of carbonyl (C=O) groups is 3. The van der Waals surface area contributed by atoms with Gasteiger partial charge >= 0.3 is 5.97 Å². The second-order valence-electron chi connectivity index (χ2n) is 6.78. The number of carboxylic acids is 1. The van der Waals surface area contributed by atoms with Crippen LogP contribution in [0.3, 0.4) is 0 Å². The summed E-state index contributed by atoms with van der Waals surface area (Å²) >= 11 is 0. The van der Waals surface area contributed by atoms with Crippen molar-refractivity contribution in [2.24, 2.45) is 11.8 Å². The van der Waals surface area contributed by atoms with Crippen LogP contribution in [0.2, 0.25) is 0 Å². The Bertz CT molecular complexity index is 921. The fourth-order valence-electron chi connectivity index (χ4n) is 3.29. The Hall–Kier alpha value is -3.41. The van der Waals surface area contributed by atoms with Crippen LogP contribution in [0.15, 0.2) is 60.7 Å². The zero-order chi connectivity index (χ0) is 20.1. The van der Waals surface area contributed by atoms with Gasteiger partial charge in [-0.25, -0.2) is 0 Å². The van der Waals surface area contributed by atoms with Crippen LogP contribution in [0.5, 0.6) is 0 Å². The van der Waals surface area contributed by atoms with E-state index >= 15 is 0 Å². The van der Waals surface area contributed by atoms with Crippen LogP contribution in [0.25, 0.3) is 0 Å². The van der Waals surface area contributed by atoms with Crippen molar-refractivity contribution in [3.05, 3.63) is 71.8 Å². The van der Waals surface area contributed by atoms with E-state index < -0.39 is 17.8 Å². The highest BCUT2D eigenvalue weighted by Gasteiger charge is 2.34. The number of carbonyl (C=O) groups excluding carboxylic acids is 2. The van der Waals surface area contributed by atoms with Gasteiger partial charge in [0.25, 0.3) is 5.91 Å². The molecule has 28 heavy (non-hydrogen) atoms. The van der Waals surface area contributed by atoms with E-state index in [-0.39, 0.29) is 11.8 Å². The predicted octanol–water partition coefficient (Wildman–Crippen LogP) is 3.85. The molecule has 0 aliphatic heterocycles. The molecule has 6 heteroatoms. The molecule has 0 heterocycles. The maximum Gasteiger partial charge on any atom is 0.307 e. The van der Waals surface area contributed by atoms with E-state index in [0.29, 0.717) is 35.3 Å². The molecule has 2 aromatic carbocycles. The maximum absolute atomic E-state index is 12.7. The first-order valence-electron chi connectivity index (χ1n) is 9.12. The summed E-state index contributed by atoms with van der Waals surface area (Å²) in [7, 11) is 0. The normalized spacial score (nSPS) is 18.3. The standard InChI is InChI=1S/C22H22N2O4/c1-14-18(23-20(25)15-8-3-2-4-9-15)12-7-13-19(14)24-21(26)16-10-5-6-11-17(16)22(27)28/h2-9,12-13,16-17H,10-11H2,1H3,(H,23,25)(H,24,26)(H,27,28). The maximum atomic E-state index is 12.7. The van der Waals surface area contributed by atoms with Gasteiger partial charge < -0.3 is 15.7 Å². The lowest BCUT2D eigenvalue weighted by Crippen LogP contribution is -2.34. The largest absolute Gasteiger partial charge is 0.481 e. The molecule has 3 rings (SSSR count). The lowest BCUT2D eigenvalue weighted by atomic mass is 9.82. The summed E-state index contributed by atoms with van der Waals surface area (Å²) in [6.45, 7) is 1.80. The van der Waals surface area contributed by atoms with Crippen molar-refractivity contribution in [2.75, 3.05) is 10.6 Å². The monoisotopic (exact) mass is 378 g/mol. The molecule has 2 atom stereocenters. The molecule has 0 radical (unpaired) electrons. The number of amides is 2. The molecule has 0 saturated carbocycles. The highest BCUT2D eigenvalue weighted by atomic mass is 16.4. The van der Waals surface area contributed by atoms with Crippen LogP contribution >= 0.6 is 0 Å². The number of anilines is 2. The molecule has 1 aliphatic rings. The van der Waals surface area contributed by atoms with Crippen molar-refractivity contribution in [3.8, 4) is 0 Å². The minimum Gasteiger partial charge on any atom is -0.481 e. The minimum absolute atomic E-state index is 0.240. The fraction of sp³-hybridized carbons (Fsp3) is 0.227. The van der Waals surface area contributed by atoms with Gasteiger partial charge in [-0.05, 0) is 49.6 Å². The summed E-state index contributed by atoms with van der Waals surface area (Å²) < 4.78 is 0. The molecular weight excluding hydrogens is 356 g/mol. The Kier molecular flexibility index (Phi) is 5.89. The van der Waals surface area contributed by atoms with E-state index in [0.717, 1.165) is 0 Å². The van der Waals surface area contributed by atoms with Crippen LogP contribution in [-0.4, -0.2) is 22.9 Å². The first-order chi connectivity index (χ1) is 13.5. The molecule has 0 spiro atoms. The van der Waals surface area contributed by atoms with Gasteiger partial charge in [-0.2, -0.15) is 0 Å². The first kappa shape index (κ1) is 19.4. The van der Waals surface area contributed by atoms with Gasteiger partial charge in [0.2, 0.25) is 5.91 Å². The highest BCUT2D eigenvalue weighted by Crippen LogP contribution is 2.29. The topological polar surface area (TPSA) is 95.5 Å². The zero-order valence-electron chi connectivity index (χ0n) is 15.5. The quantitative estimate of drug-likeness (QED) is 0.689. The van der Waals surface area contributed by atoms with Crippen LogP contribution in [-0.2, 0) is 9.59 Å². The second kappa shape index (κ2) is 8.52. The van der Waals surface area contributed by atoms with E-state index in [1.54, 1.807) is 55.5 Å². The third-order valence-electron chi connectivity index (χ3n) is 4.96. The van der Waals surface area contributed by atoms with E-state index in [2.05, 4.69) is 10.6 Å². The van der Waals surface area contributed by atoms with Gasteiger partial charge in [0.15, 0.2) is 0 Å². The van der Waals surface area contributed by atoms with Crippen molar-refractivity contribution >= 4 is 29.2 Å². The number of hydrogen-bond acceptors (Lipinski definition) is 3. The fourth-order valence-corrected chi connectivity index (χ4v) is 3.29. The van der Waals surface area contributed by atoms with Gasteiger partial charge in [0.05, 0.1) is 11.8 Å². The SMILES string of the molecule is Cc1c(NC(=O)c2ccccc2)cccc1NC(=O)C1CC=CCC1C(=O)O. The summed E-state index contributed by atoms with van der Waals surface area (Å²) in [6.07, 6.45) is 4.38. The number of carboxylic acid groups (broad SMARTS) is 1. The van der Waals surface area contributed by atoms with Gasteiger partial charge in [0, 0.05) is 16.9 Å². The van der Waals surface area contributed by atoms with Gasteiger partial charge in [0.1, 0.15) is 0 Å². The average Bonchev–Trinajstić information content (AvgIpc) is 2.71. The number of aliphatic carboxylic acids is 1. The molecule has 2 amide bonds. The summed E-state index contributed by atoms with van der Waals surface area (Å²) in [5.74, 6) is -2.89. The first-order valence-corrected chi connectivity index (χ1v) is 9.12. The van der Waals surface area contributed by atoms with Crippen LogP contribution in [0, 0.1) is 18.8 Å². The smallest absolute Gasteiger partial charge is 0.307 e. The predicted molar refractivity (Wildman–Crippen MR) is 107 cm³/mol. The minimum atomic E-state index is -0.968. The van der Waals surface area contributed by atoms with E-state index in [9.17, 15) is 19.5 Å². The Balaban J connectivity index is 1.75. The molecule has 3 N–H and O–H groups in total. The Morgan fingerprint density at radius 3 is 2.11 bits per heavy atom. The summed E-state index contributed by atoms with van der Waals surface area (Å²) in [5, 5.41) is 15.1. The number of rotatable bonds is 5. The molecule has 2 unspecified atom stereocenters. The summed E-state index contributed by atoms with van der Waals surface area (Å²) in [4.78, 5) is 36.5. The molecule has 0 fully saturated rings. The number of hydrogen-bond donors (Lipinski definition) is 3. The van der Waals surface area contributed by atoms with Gasteiger partial charge in [-0.15, -0.1) is 0 Å². The molecule has 1 aliphatic carbocycles. The van der Waals surface area contributed by atoms with Crippen molar-refractivity contribution in [2.45, 2.75) is 19.8 Å². The lowest BCUT2D eigenvalue weighted by molar-refractivity contribution is -0.146. The number of allylic oxidation sites excluding steroid dienone is 2. The Labute approximate surface area is 163 Å². The Morgan fingerprint density at radius 1 is 0.857 bits per heavy atom. The molecule has 0 bridgehead atoms. The van der Waals surface area contributed by atoms with Crippen molar-refractivity contribution < 1.29 is 19.5 Å². The Morgan fingerprint density at radius 2 is 1.46 bits per heavy atom. The van der Waals surface area contributed by atoms with Gasteiger partial charge in [-0.1, -0.05) is 36.4 Å². The molecule has 144 valence electrons. The van der Waals surface area contributed by atoms with E-state index in [4.69, 9.17) is 0 Å². The average molecular weight is 378 g/mol. The number of benzene rings is 2. The highest BCUT2D eigenvalue weighted by molar-refractivity contribution is 6.05. The van der Waals surface area contributed by atoms with Crippen molar-refractivity contribution in [3.63, 3.8) is 0 Å². The van der Waals surface area contributed by atoms with E-state index in [1.807, 2.05) is 12.1 Å². The zero-order valence-corrected chi connectivity index (χ0v) is 15.5. The molecule has 0 aromatic heterocycles. The van der Waals surface area contributed by atoms with Crippen LogP contribution < -0.4 is 10.6 Å². The van der Waals surface area contributed by atoms with Gasteiger partial charge in [-0.3, -0.25) is 14.4 Å². The molecule has 6 nitrogen and oxygen atoms in total. The molecule has 2 aromatic rings. The van der Waals surface area contributed by atoms with E-state index in [1.165, 1.54) is 0 Å². The lowest BCUT2D eigenvalue weighted by Gasteiger charge is -2.24. The second-order valence-corrected chi connectivity index (χ2v) is 6.78. The summed E-state index contributed by atoms with van der Waals surface area (Å²) in [6, 6.07) is 14.1. The summed E-state index contributed by atoms with van der Waals surface area (Å²) in [5.41, 5.74) is 2.38. The van der Waals surface area contributed by atoms with Crippen LogP contribution in [0.4, 0.5) is 11.4 Å². The molecular formula is C22H22N2O4. The van der Waals surface area contributed by atoms with Crippen molar-refractivity contribution in [1.29, 1.82) is 0 Å².